The van der Waals surface area contributed by atoms with Crippen LogP contribution in [0.15, 0.2) is 23.3 Å². The SMILES string of the molecule is C/C(=C\C=C1CCCCC1)CO. The molecule has 0 aromatic rings. The number of aliphatic hydroxyl groups excluding tert-OH is 1. The van der Waals surface area contributed by atoms with Gasteiger partial charge in [0.2, 0.25) is 0 Å². The summed E-state index contributed by atoms with van der Waals surface area (Å²) in [5, 5.41) is 8.77. The van der Waals surface area contributed by atoms with Gasteiger partial charge in [0.25, 0.3) is 0 Å². The minimum atomic E-state index is 0.184. The summed E-state index contributed by atoms with van der Waals surface area (Å²) in [6.07, 6.45) is 10.8. The van der Waals surface area contributed by atoms with Crippen LogP contribution in [-0.4, -0.2) is 11.7 Å². The zero-order chi connectivity index (χ0) is 8.81. The lowest BCUT2D eigenvalue weighted by atomic mass is 9.94. The highest BCUT2D eigenvalue weighted by molar-refractivity contribution is 5.17. The Morgan fingerprint density at radius 3 is 2.58 bits per heavy atom. The Balaban J connectivity index is 2.44. The molecule has 0 bridgehead atoms. The van der Waals surface area contributed by atoms with Gasteiger partial charge in [0.15, 0.2) is 0 Å². The largest absolute Gasteiger partial charge is 0.392 e. The van der Waals surface area contributed by atoms with E-state index in [1.54, 1.807) is 5.57 Å². The highest BCUT2D eigenvalue weighted by Crippen LogP contribution is 2.22. The van der Waals surface area contributed by atoms with Crippen LogP contribution in [-0.2, 0) is 0 Å². The predicted molar refractivity (Wildman–Crippen MR) is 52.0 cm³/mol. The third kappa shape index (κ3) is 3.22. The highest BCUT2D eigenvalue weighted by atomic mass is 16.3. The number of hydrogen-bond acceptors (Lipinski definition) is 1. The second-order valence-electron chi connectivity index (χ2n) is 3.56. The van der Waals surface area contributed by atoms with E-state index < -0.39 is 0 Å². The van der Waals surface area contributed by atoms with E-state index in [0.717, 1.165) is 5.57 Å². The van der Waals surface area contributed by atoms with Crippen molar-refractivity contribution >= 4 is 0 Å². The van der Waals surface area contributed by atoms with Gasteiger partial charge in [-0.05, 0) is 38.2 Å². The standard InChI is InChI=1S/C11H18O/c1-10(9-12)7-8-11-5-3-2-4-6-11/h7-8,12H,2-6,9H2,1H3/b10-7+. The lowest BCUT2D eigenvalue weighted by molar-refractivity contribution is 0.331. The molecule has 1 fully saturated rings. The highest BCUT2D eigenvalue weighted by Gasteiger charge is 2.03. The van der Waals surface area contributed by atoms with E-state index in [4.69, 9.17) is 5.11 Å². The Bertz CT molecular complexity index is 181. The molecule has 1 aliphatic rings. The molecule has 0 atom stereocenters. The van der Waals surface area contributed by atoms with Crippen molar-refractivity contribution in [2.45, 2.75) is 39.0 Å². The minimum Gasteiger partial charge on any atom is -0.392 e. The Morgan fingerprint density at radius 2 is 2.00 bits per heavy atom. The molecular formula is C11H18O. The van der Waals surface area contributed by atoms with Crippen LogP contribution in [0.1, 0.15) is 39.0 Å². The predicted octanol–water partition coefficient (Wildman–Crippen LogP) is 2.82. The second kappa shape index (κ2) is 5.15. The van der Waals surface area contributed by atoms with Crippen molar-refractivity contribution in [3.63, 3.8) is 0 Å². The van der Waals surface area contributed by atoms with Crippen molar-refractivity contribution in [3.05, 3.63) is 23.3 Å². The molecule has 1 nitrogen and oxygen atoms in total. The molecule has 0 amide bonds. The summed E-state index contributed by atoms with van der Waals surface area (Å²) in [6.45, 7) is 2.14. The molecule has 0 aromatic carbocycles. The molecule has 0 aromatic heterocycles. The van der Waals surface area contributed by atoms with Gasteiger partial charge in [-0.25, -0.2) is 0 Å². The summed E-state index contributed by atoms with van der Waals surface area (Å²) in [6, 6.07) is 0. The molecule has 1 rings (SSSR count). The maximum atomic E-state index is 8.77. The van der Waals surface area contributed by atoms with Crippen molar-refractivity contribution in [1.29, 1.82) is 0 Å². The quantitative estimate of drug-likeness (QED) is 0.668. The maximum Gasteiger partial charge on any atom is 0.0642 e. The molecule has 0 unspecified atom stereocenters. The van der Waals surface area contributed by atoms with E-state index in [2.05, 4.69) is 6.08 Å². The smallest absolute Gasteiger partial charge is 0.0642 e. The van der Waals surface area contributed by atoms with Gasteiger partial charge in [-0.15, -0.1) is 0 Å². The number of hydrogen-bond donors (Lipinski definition) is 1. The molecule has 68 valence electrons. The normalized spacial score (nSPS) is 19.5. The molecule has 0 radical (unpaired) electrons. The average molecular weight is 166 g/mol. The fraction of sp³-hybridized carbons (Fsp3) is 0.636. The molecule has 0 spiro atoms. The van der Waals surface area contributed by atoms with E-state index in [9.17, 15) is 0 Å². The molecule has 0 heterocycles. The van der Waals surface area contributed by atoms with Gasteiger partial charge in [0.1, 0.15) is 0 Å². The van der Waals surface area contributed by atoms with Crippen LogP contribution in [0.2, 0.25) is 0 Å². The van der Waals surface area contributed by atoms with E-state index in [0.29, 0.717) is 0 Å². The van der Waals surface area contributed by atoms with Crippen LogP contribution in [0.25, 0.3) is 0 Å². The van der Waals surface area contributed by atoms with Crippen LogP contribution in [0.5, 0.6) is 0 Å². The molecule has 1 N–H and O–H groups in total. The van der Waals surface area contributed by atoms with Gasteiger partial charge in [-0.2, -0.15) is 0 Å². The van der Waals surface area contributed by atoms with Gasteiger partial charge >= 0.3 is 0 Å². The van der Waals surface area contributed by atoms with Crippen molar-refractivity contribution in [3.8, 4) is 0 Å². The van der Waals surface area contributed by atoms with E-state index >= 15 is 0 Å². The van der Waals surface area contributed by atoms with Gasteiger partial charge in [-0.3, -0.25) is 0 Å². The number of allylic oxidation sites excluding steroid dienone is 3. The summed E-state index contributed by atoms with van der Waals surface area (Å²) in [4.78, 5) is 0. The van der Waals surface area contributed by atoms with Gasteiger partial charge in [-0.1, -0.05) is 24.1 Å². The summed E-state index contributed by atoms with van der Waals surface area (Å²) >= 11 is 0. The first-order valence-electron chi connectivity index (χ1n) is 4.79. The van der Waals surface area contributed by atoms with E-state index in [1.165, 1.54) is 32.1 Å². The van der Waals surface area contributed by atoms with Crippen LogP contribution in [0, 0.1) is 0 Å². The fourth-order valence-corrected chi connectivity index (χ4v) is 1.49. The first-order chi connectivity index (χ1) is 5.83. The van der Waals surface area contributed by atoms with Crippen LogP contribution < -0.4 is 0 Å². The first kappa shape index (κ1) is 9.53. The summed E-state index contributed by atoms with van der Waals surface area (Å²) in [7, 11) is 0. The molecule has 12 heavy (non-hydrogen) atoms. The van der Waals surface area contributed by atoms with Crippen molar-refractivity contribution in [1.82, 2.24) is 0 Å². The summed E-state index contributed by atoms with van der Waals surface area (Å²) < 4.78 is 0. The topological polar surface area (TPSA) is 20.2 Å². The van der Waals surface area contributed by atoms with Gasteiger partial charge in [0.05, 0.1) is 6.61 Å². The van der Waals surface area contributed by atoms with Crippen molar-refractivity contribution in [2.24, 2.45) is 0 Å². The molecule has 1 saturated carbocycles. The Kier molecular flexibility index (Phi) is 4.09. The first-order valence-corrected chi connectivity index (χ1v) is 4.79. The van der Waals surface area contributed by atoms with Crippen molar-refractivity contribution in [2.75, 3.05) is 6.61 Å². The number of rotatable bonds is 2. The minimum absolute atomic E-state index is 0.184. The number of aliphatic hydroxyl groups is 1. The maximum absolute atomic E-state index is 8.77. The van der Waals surface area contributed by atoms with E-state index in [1.807, 2.05) is 13.0 Å². The molecule has 0 saturated heterocycles. The second-order valence-corrected chi connectivity index (χ2v) is 3.56. The molecule has 0 aliphatic heterocycles. The summed E-state index contributed by atoms with van der Waals surface area (Å²) in [5.74, 6) is 0. The molecule has 1 heteroatoms. The molecule has 1 aliphatic carbocycles. The lowest BCUT2D eigenvalue weighted by Crippen LogP contribution is -1.93. The van der Waals surface area contributed by atoms with Crippen LogP contribution in [0.3, 0.4) is 0 Å². The average Bonchev–Trinajstić information content (AvgIpc) is 2.16. The zero-order valence-corrected chi connectivity index (χ0v) is 7.84. The third-order valence-corrected chi connectivity index (χ3v) is 2.35. The van der Waals surface area contributed by atoms with E-state index in [-0.39, 0.29) is 6.61 Å². The zero-order valence-electron chi connectivity index (χ0n) is 7.84. The monoisotopic (exact) mass is 166 g/mol. The Morgan fingerprint density at radius 1 is 1.33 bits per heavy atom. The van der Waals surface area contributed by atoms with Crippen LogP contribution >= 0.6 is 0 Å². The summed E-state index contributed by atoms with van der Waals surface area (Å²) in [5.41, 5.74) is 2.60. The van der Waals surface area contributed by atoms with Gasteiger partial charge < -0.3 is 5.11 Å². The molecular weight excluding hydrogens is 148 g/mol. The third-order valence-electron chi connectivity index (χ3n) is 2.35. The van der Waals surface area contributed by atoms with Crippen LogP contribution in [0.4, 0.5) is 0 Å². The van der Waals surface area contributed by atoms with Gasteiger partial charge in [0, 0.05) is 0 Å². The van der Waals surface area contributed by atoms with Crippen molar-refractivity contribution < 1.29 is 5.11 Å². The Hall–Kier alpha value is -0.560. The lowest BCUT2D eigenvalue weighted by Gasteiger charge is -2.12. The Labute approximate surface area is 74.8 Å². The fourth-order valence-electron chi connectivity index (χ4n) is 1.49.